The standard InChI is InChI=1S/C18H20N6O3S2/c19-14(25)9-24-15(21-13-6-2-1-5-12(13)16(24)26)10-28-18-23-22-17(29-18)20-8-11-4-3-7-27-11/h1-2,5-6,11H,3-4,7-10H2,(H2,19,25)(H,20,22). The van der Waals surface area contributed by atoms with Crippen LogP contribution in [-0.2, 0) is 21.8 Å². The second-order valence-corrected chi connectivity index (χ2v) is 8.78. The van der Waals surface area contributed by atoms with E-state index >= 15 is 0 Å². The van der Waals surface area contributed by atoms with E-state index in [1.807, 2.05) is 6.07 Å². The first kappa shape index (κ1) is 19.8. The highest BCUT2D eigenvalue weighted by atomic mass is 32.2. The van der Waals surface area contributed by atoms with Gasteiger partial charge < -0.3 is 15.8 Å². The van der Waals surface area contributed by atoms with Crippen LogP contribution in [0.2, 0.25) is 0 Å². The van der Waals surface area contributed by atoms with Gasteiger partial charge in [0.2, 0.25) is 11.0 Å². The first-order chi connectivity index (χ1) is 14.1. The van der Waals surface area contributed by atoms with Crippen LogP contribution in [0.4, 0.5) is 5.13 Å². The van der Waals surface area contributed by atoms with Crippen LogP contribution in [0.1, 0.15) is 18.7 Å². The van der Waals surface area contributed by atoms with E-state index in [2.05, 4.69) is 20.5 Å². The largest absolute Gasteiger partial charge is 0.376 e. The molecule has 0 radical (unpaired) electrons. The van der Waals surface area contributed by atoms with Crippen molar-refractivity contribution >= 4 is 45.0 Å². The molecule has 1 aliphatic rings. The molecule has 1 atom stereocenters. The molecule has 152 valence electrons. The number of nitrogens with zero attached hydrogens (tertiary/aromatic N) is 4. The highest BCUT2D eigenvalue weighted by molar-refractivity contribution is 8.00. The van der Waals surface area contributed by atoms with Crippen molar-refractivity contribution in [3.8, 4) is 0 Å². The molecule has 1 fully saturated rings. The maximum Gasteiger partial charge on any atom is 0.261 e. The van der Waals surface area contributed by atoms with E-state index in [4.69, 9.17) is 10.5 Å². The maximum atomic E-state index is 12.8. The summed E-state index contributed by atoms with van der Waals surface area (Å²) in [7, 11) is 0. The third-order valence-electron chi connectivity index (χ3n) is 4.49. The van der Waals surface area contributed by atoms with Gasteiger partial charge in [-0.25, -0.2) is 4.98 Å². The van der Waals surface area contributed by atoms with Crippen molar-refractivity contribution in [3.05, 3.63) is 40.4 Å². The molecule has 1 aliphatic heterocycles. The minimum atomic E-state index is -0.591. The van der Waals surface area contributed by atoms with Crippen LogP contribution >= 0.6 is 23.1 Å². The van der Waals surface area contributed by atoms with Gasteiger partial charge in [-0.1, -0.05) is 35.2 Å². The first-order valence-corrected chi connectivity index (χ1v) is 11.0. The van der Waals surface area contributed by atoms with Crippen LogP contribution in [0.15, 0.2) is 33.4 Å². The zero-order chi connectivity index (χ0) is 20.2. The Bertz CT molecular complexity index is 1080. The number of anilines is 1. The molecule has 29 heavy (non-hydrogen) atoms. The van der Waals surface area contributed by atoms with Gasteiger partial charge in [0.05, 0.1) is 22.8 Å². The number of carbonyl (C=O) groups is 1. The number of ether oxygens (including phenoxy) is 1. The van der Waals surface area contributed by atoms with Gasteiger partial charge in [0, 0.05) is 13.2 Å². The summed E-state index contributed by atoms with van der Waals surface area (Å²) in [6.45, 7) is 1.32. The van der Waals surface area contributed by atoms with Gasteiger partial charge in [-0.3, -0.25) is 14.2 Å². The molecule has 4 rings (SSSR count). The van der Waals surface area contributed by atoms with Crippen molar-refractivity contribution < 1.29 is 9.53 Å². The molecule has 1 unspecified atom stereocenters. The second-order valence-electron chi connectivity index (χ2n) is 6.58. The maximum absolute atomic E-state index is 12.8. The van der Waals surface area contributed by atoms with E-state index in [1.165, 1.54) is 27.7 Å². The van der Waals surface area contributed by atoms with Crippen LogP contribution in [-0.4, -0.2) is 44.9 Å². The fourth-order valence-corrected chi connectivity index (χ4v) is 4.82. The molecule has 1 amide bonds. The Morgan fingerprint density at radius 1 is 1.38 bits per heavy atom. The minimum absolute atomic E-state index is 0.211. The number of carbonyl (C=O) groups excluding carboxylic acids is 1. The number of hydrogen-bond acceptors (Lipinski definition) is 9. The Hall–Kier alpha value is -2.50. The van der Waals surface area contributed by atoms with E-state index < -0.39 is 5.91 Å². The lowest BCUT2D eigenvalue weighted by Crippen LogP contribution is -2.31. The smallest absolute Gasteiger partial charge is 0.261 e. The van der Waals surface area contributed by atoms with Crippen molar-refractivity contribution in [2.24, 2.45) is 5.73 Å². The SMILES string of the molecule is NC(=O)Cn1c(CSc2nnc(NCC3CCCO3)s2)nc2ccccc2c1=O. The monoisotopic (exact) mass is 432 g/mol. The predicted octanol–water partition coefficient (Wildman–Crippen LogP) is 1.62. The fraction of sp³-hybridized carbons (Fsp3) is 0.389. The Labute approximate surface area is 174 Å². The number of nitrogens with two attached hydrogens (primary N) is 1. The Kier molecular flexibility index (Phi) is 6.07. The van der Waals surface area contributed by atoms with Gasteiger partial charge in [0.1, 0.15) is 12.4 Å². The summed E-state index contributed by atoms with van der Waals surface area (Å²) >= 11 is 2.84. The summed E-state index contributed by atoms with van der Waals surface area (Å²) in [6.07, 6.45) is 2.37. The van der Waals surface area contributed by atoms with Crippen LogP contribution in [0.5, 0.6) is 0 Å². The van der Waals surface area contributed by atoms with Crippen molar-refractivity contribution in [2.45, 2.75) is 35.6 Å². The average molecular weight is 433 g/mol. The number of hydrogen-bond donors (Lipinski definition) is 2. The molecule has 9 nitrogen and oxygen atoms in total. The van der Waals surface area contributed by atoms with E-state index in [9.17, 15) is 9.59 Å². The predicted molar refractivity (Wildman–Crippen MR) is 112 cm³/mol. The third kappa shape index (κ3) is 4.74. The Balaban J connectivity index is 1.49. The van der Waals surface area contributed by atoms with E-state index in [-0.39, 0.29) is 18.2 Å². The number of thioether (sulfide) groups is 1. The summed E-state index contributed by atoms with van der Waals surface area (Å²) in [5, 5.41) is 12.8. The lowest BCUT2D eigenvalue weighted by molar-refractivity contribution is -0.118. The summed E-state index contributed by atoms with van der Waals surface area (Å²) in [4.78, 5) is 28.8. The topological polar surface area (TPSA) is 125 Å². The molecular formula is C18H20N6O3S2. The number of primary amides is 1. The molecule has 0 spiro atoms. The molecule has 0 aliphatic carbocycles. The summed E-state index contributed by atoms with van der Waals surface area (Å²) in [5.74, 6) is 0.252. The second kappa shape index (κ2) is 8.89. The highest BCUT2D eigenvalue weighted by Gasteiger charge is 2.17. The van der Waals surface area contributed by atoms with Gasteiger partial charge in [-0.05, 0) is 25.0 Å². The van der Waals surface area contributed by atoms with Crippen LogP contribution in [0.25, 0.3) is 10.9 Å². The Morgan fingerprint density at radius 2 is 2.24 bits per heavy atom. The fourth-order valence-electron chi connectivity index (χ4n) is 3.12. The molecule has 3 N–H and O–H groups in total. The van der Waals surface area contributed by atoms with Gasteiger partial charge >= 0.3 is 0 Å². The van der Waals surface area contributed by atoms with E-state index in [0.29, 0.717) is 29.0 Å². The molecule has 3 aromatic rings. The van der Waals surface area contributed by atoms with E-state index in [1.54, 1.807) is 18.2 Å². The molecule has 1 saturated heterocycles. The number of amides is 1. The summed E-state index contributed by atoms with van der Waals surface area (Å²) < 4.78 is 7.66. The molecule has 1 aromatic carbocycles. The van der Waals surface area contributed by atoms with Gasteiger partial charge in [0.15, 0.2) is 4.34 Å². The minimum Gasteiger partial charge on any atom is -0.376 e. The first-order valence-electron chi connectivity index (χ1n) is 9.18. The van der Waals surface area contributed by atoms with Crippen molar-refractivity contribution in [1.82, 2.24) is 19.7 Å². The molecule has 3 heterocycles. The van der Waals surface area contributed by atoms with Crippen molar-refractivity contribution in [3.63, 3.8) is 0 Å². The molecule has 0 bridgehead atoms. The van der Waals surface area contributed by atoms with E-state index in [0.717, 1.165) is 28.9 Å². The number of nitrogens with one attached hydrogen (secondary N) is 1. The van der Waals surface area contributed by atoms with Crippen molar-refractivity contribution in [2.75, 3.05) is 18.5 Å². The van der Waals surface area contributed by atoms with Crippen LogP contribution < -0.4 is 16.6 Å². The summed E-state index contributed by atoms with van der Waals surface area (Å²) in [5.41, 5.74) is 5.64. The van der Waals surface area contributed by atoms with Crippen molar-refractivity contribution in [1.29, 1.82) is 0 Å². The number of aromatic nitrogens is 4. The number of fused-ring (bicyclic) bond motifs is 1. The molecule has 11 heteroatoms. The van der Waals surface area contributed by atoms with Gasteiger partial charge in [0.25, 0.3) is 5.56 Å². The van der Waals surface area contributed by atoms with Crippen LogP contribution in [0, 0.1) is 0 Å². The Morgan fingerprint density at radius 3 is 3.03 bits per heavy atom. The quantitative estimate of drug-likeness (QED) is 0.515. The highest BCUT2D eigenvalue weighted by Crippen LogP contribution is 2.28. The molecule has 2 aromatic heterocycles. The zero-order valence-electron chi connectivity index (χ0n) is 15.5. The average Bonchev–Trinajstić information content (AvgIpc) is 3.39. The number of para-hydroxylation sites is 1. The normalized spacial score (nSPS) is 16.3. The lowest BCUT2D eigenvalue weighted by atomic mass is 10.2. The lowest BCUT2D eigenvalue weighted by Gasteiger charge is -2.11. The molecule has 0 saturated carbocycles. The number of rotatable bonds is 8. The third-order valence-corrected chi connectivity index (χ3v) is 6.50. The molecular weight excluding hydrogens is 412 g/mol. The summed E-state index contributed by atoms with van der Waals surface area (Å²) in [6, 6.07) is 7.05. The van der Waals surface area contributed by atoms with Gasteiger partial charge in [-0.15, -0.1) is 10.2 Å². The van der Waals surface area contributed by atoms with Gasteiger partial charge in [-0.2, -0.15) is 0 Å². The zero-order valence-corrected chi connectivity index (χ0v) is 17.2. The number of benzene rings is 1. The van der Waals surface area contributed by atoms with Crippen LogP contribution in [0.3, 0.4) is 0 Å².